The van der Waals surface area contributed by atoms with Crippen LogP contribution in [0.15, 0.2) is 0 Å². The molecule has 0 aromatic heterocycles. The molecule has 4 rings (SSSR count). The zero-order chi connectivity index (χ0) is 18.1. The van der Waals surface area contributed by atoms with E-state index in [9.17, 15) is 0 Å². The Balaban J connectivity index is 0.000000409. The minimum Gasteiger partial charge on any atom is -0.317 e. The van der Waals surface area contributed by atoms with Crippen molar-refractivity contribution >= 4 is 0 Å². The van der Waals surface area contributed by atoms with Crippen molar-refractivity contribution < 1.29 is 34.1 Å². The molecule has 0 radical (unpaired) electrons. The average molecular weight is 456 g/mol. The second kappa shape index (κ2) is 15.8. The van der Waals surface area contributed by atoms with Gasteiger partial charge in [-0.2, -0.15) is 78.1 Å². The van der Waals surface area contributed by atoms with Crippen LogP contribution in [0.3, 0.4) is 0 Å². The van der Waals surface area contributed by atoms with Crippen LogP contribution in [-0.2, 0) is 34.1 Å². The van der Waals surface area contributed by atoms with Crippen LogP contribution >= 0.6 is 0 Å². The van der Waals surface area contributed by atoms with Gasteiger partial charge in [0.1, 0.15) is 0 Å². The van der Waals surface area contributed by atoms with Crippen molar-refractivity contribution in [3.8, 4) is 0 Å². The van der Waals surface area contributed by atoms with Crippen molar-refractivity contribution in [2.45, 2.75) is 124 Å². The molecule has 0 saturated heterocycles. The molecule has 2 heteroatoms. The van der Waals surface area contributed by atoms with Gasteiger partial charge in [0.05, 0.1) is 0 Å². The van der Waals surface area contributed by atoms with Crippen LogP contribution in [-0.4, -0.2) is 0 Å². The van der Waals surface area contributed by atoms with Crippen LogP contribution in [0.1, 0.15) is 124 Å². The average Bonchev–Trinajstić information content (AvgIpc) is 3.36. The predicted octanol–water partition coefficient (Wildman–Crippen LogP) is 8.47. The Labute approximate surface area is 193 Å². The molecule has 0 bridgehead atoms. The Kier molecular flexibility index (Phi) is 16.4. The Morgan fingerprint density at radius 3 is 1.04 bits per heavy atom. The van der Waals surface area contributed by atoms with E-state index in [1.165, 1.54) is 96.3 Å². The van der Waals surface area contributed by atoms with Crippen molar-refractivity contribution in [1.29, 1.82) is 0 Å². The zero-order valence-electron chi connectivity index (χ0n) is 18.5. The summed E-state index contributed by atoms with van der Waals surface area (Å²) in [6, 6.07) is 0. The fraction of sp³-hybridized carbons (Fsp3) is 0.840. The molecular formula is C25H44Fe2. The smallest absolute Gasteiger partial charge is 0.317 e. The third-order valence-corrected chi connectivity index (χ3v) is 7.12. The molecule has 0 heterocycles. The van der Waals surface area contributed by atoms with E-state index in [1.54, 1.807) is 23.7 Å². The monoisotopic (exact) mass is 456 g/mol. The van der Waals surface area contributed by atoms with Crippen LogP contribution in [0.25, 0.3) is 0 Å². The number of rotatable bonds is 2. The molecule has 0 N–H and O–H groups in total. The van der Waals surface area contributed by atoms with Gasteiger partial charge >= 0.3 is 34.1 Å². The van der Waals surface area contributed by atoms with E-state index in [0.717, 1.165) is 11.8 Å². The minimum atomic E-state index is 0. The maximum absolute atomic E-state index is 2.38. The van der Waals surface area contributed by atoms with E-state index in [-0.39, 0.29) is 34.1 Å². The van der Waals surface area contributed by atoms with Crippen LogP contribution in [0.4, 0.5) is 0 Å². The van der Waals surface area contributed by atoms with Gasteiger partial charge in [0, 0.05) is 0 Å². The van der Waals surface area contributed by atoms with Crippen molar-refractivity contribution in [1.82, 2.24) is 0 Å². The normalized spacial score (nSPS) is 29.3. The quantitative estimate of drug-likeness (QED) is 0.289. The third-order valence-electron chi connectivity index (χ3n) is 7.12. The summed E-state index contributed by atoms with van der Waals surface area (Å²) in [7, 11) is 0. The van der Waals surface area contributed by atoms with Gasteiger partial charge in [-0.05, 0) is 0 Å². The molecule has 4 fully saturated rings. The molecule has 0 amide bonds. The minimum absolute atomic E-state index is 0. The van der Waals surface area contributed by atoms with Gasteiger partial charge < -0.3 is 23.7 Å². The summed E-state index contributed by atoms with van der Waals surface area (Å²) in [5, 5.41) is 0. The first-order valence-corrected chi connectivity index (χ1v) is 11.3. The van der Waals surface area contributed by atoms with E-state index in [4.69, 9.17) is 0 Å². The van der Waals surface area contributed by atoms with Gasteiger partial charge in [-0.3, -0.25) is 0 Å². The molecule has 0 nitrogen and oxygen atoms in total. The molecule has 160 valence electrons. The first-order valence-electron chi connectivity index (χ1n) is 11.3. The first kappa shape index (κ1) is 28.0. The summed E-state index contributed by atoms with van der Waals surface area (Å²) in [5.74, 6) is 8.96. The molecule has 4 aliphatic rings. The summed E-state index contributed by atoms with van der Waals surface area (Å²) < 4.78 is 0. The molecular weight excluding hydrogens is 412 g/mol. The van der Waals surface area contributed by atoms with Crippen LogP contribution in [0.2, 0.25) is 0 Å². The molecule has 0 aromatic rings. The Bertz CT molecular complexity index is 299. The fourth-order valence-electron chi connectivity index (χ4n) is 5.09. The summed E-state index contributed by atoms with van der Waals surface area (Å²) in [6.45, 7) is 9.27. The first-order chi connectivity index (χ1) is 12.1. The van der Waals surface area contributed by atoms with E-state index in [1.807, 2.05) is 0 Å². The zero-order valence-corrected chi connectivity index (χ0v) is 20.7. The van der Waals surface area contributed by atoms with E-state index < -0.39 is 0 Å². The second-order valence-electron chi connectivity index (χ2n) is 9.44. The Morgan fingerprint density at radius 2 is 0.852 bits per heavy atom. The van der Waals surface area contributed by atoms with E-state index in [0.29, 0.717) is 0 Å². The summed E-state index contributed by atoms with van der Waals surface area (Å²) in [6.07, 6.45) is 21.6. The molecule has 27 heavy (non-hydrogen) atoms. The second-order valence-corrected chi connectivity index (χ2v) is 9.44. The van der Waals surface area contributed by atoms with Gasteiger partial charge in [0.2, 0.25) is 0 Å². The molecule has 0 spiro atoms. The van der Waals surface area contributed by atoms with Crippen molar-refractivity contribution in [2.24, 2.45) is 11.8 Å². The van der Waals surface area contributed by atoms with Crippen molar-refractivity contribution in [3.63, 3.8) is 0 Å². The number of hydrogen-bond donors (Lipinski definition) is 0. The summed E-state index contributed by atoms with van der Waals surface area (Å²) >= 11 is 0. The van der Waals surface area contributed by atoms with Gasteiger partial charge in [-0.25, -0.2) is 0 Å². The van der Waals surface area contributed by atoms with Gasteiger partial charge in [-0.1, -0.05) is 51.4 Å². The Morgan fingerprint density at radius 1 is 0.519 bits per heavy atom. The predicted molar refractivity (Wildman–Crippen MR) is 112 cm³/mol. The third kappa shape index (κ3) is 11.1. The van der Waals surface area contributed by atoms with E-state index >= 15 is 0 Å². The van der Waals surface area contributed by atoms with Gasteiger partial charge in [0.15, 0.2) is 0 Å². The van der Waals surface area contributed by atoms with Crippen LogP contribution in [0, 0.1) is 35.5 Å². The Hall–Kier alpha value is 1.04. The van der Waals surface area contributed by atoms with Crippen molar-refractivity contribution in [3.05, 3.63) is 23.7 Å². The van der Waals surface area contributed by atoms with Gasteiger partial charge in [0.25, 0.3) is 0 Å². The van der Waals surface area contributed by atoms with Crippen LogP contribution in [0.5, 0.6) is 0 Å². The molecule has 4 aliphatic carbocycles. The molecule has 2 unspecified atom stereocenters. The summed E-state index contributed by atoms with van der Waals surface area (Å²) in [5.41, 5.74) is 0. The molecule has 2 atom stereocenters. The van der Waals surface area contributed by atoms with E-state index in [2.05, 4.69) is 27.7 Å². The molecule has 0 aliphatic heterocycles. The topological polar surface area (TPSA) is 0 Å². The standard InChI is InChI=1S/C13H22.2C6H11.2Fe/c1-10-5-3-7-12(10)9-13-8-4-6-11(13)2;2*1-6-4-2-3-5-6;;/h12-13H,3-9H2,1-2H3;2*2-5H2,1H3;;/q-2;2*-1;2*+2. The fourth-order valence-corrected chi connectivity index (χ4v) is 5.09. The molecule has 0 aromatic carbocycles. The maximum Gasteiger partial charge on any atom is 2.00 e. The number of hydrogen-bond acceptors (Lipinski definition) is 0. The van der Waals surface area contributed by atoms with Crippen molar-refractivity contribution in [2.75, 3.05) is 0 Å². The summed E-state index contributed by atoms with van der Waals surface area (Å²) in [4.78, 5) is 0. The van der Waals surface area contributed by atoms with Crippen LogP contribution < -0.4 is 0 Å². The maximum atomic E-state index is 2.38. The largest absolute Gasteiger partial charge is 2.00 e. The molecule has 4 saturated carbocycles. The van der Waals surface area contributed by atoms with Gasteiger partial charge in [-0.15, -0.1) is 6.42 Å². The SMILES string of the molecule is C[C-]1CCCC1.C[C-]1CCCC1.C[C-]1CCCC1CC1CCC[C-]1C.[Fe+2].[Fe+2].